The zero-order chi connectivity index (χ0) is 11.3. The fourth-order valence-electron chi connectivity index (χ4n) is 1.21. The van der Waals surface area contributed by atoms with Crippen molar-refractivity contribution < 1.29 is 4.79 Å². The number of Topliss-reactive ketones (excluding diaryl/α,β-unsaturated/α-hetero) is 1. The van der Waals surface area contributed by atoms with Gasteiger partial charge in [0.25, 0.3) is 5.56 Å². The molecule has 1 aromatic rings. The van der Waals surface area contributed by atoms with Crippen LogP contribution in [0.1, 0.15) is 26.2 Å². The lowest BCUT2D eigenvalue weighted by atomic mass is 10.2. The van der Waals surface area contributed by atoms with Gasteiger partial charge in [-0.15, -0.1) is 0 Å². The van der Waals surface area contributed by atoms with Crippen molar-refractivity contribution in [3.8, 4) is 0 Å². The van der Waals surface area contributed by atoms with E-state index in [4.69, 9.17) is 0 Å². The molecule has 0 saturated carbocycles. The van der Waals surface area contributed by atoms with Crippen LogP contribution in [0.5, 0.6) is 0 Å². The van der Waals surface area contributed by atoms with Crippen LogP contribution in [-0.2, 0) is 11.3 Å². The molecule has 15 heavy (non-hydrogen) atoms. The van der Waals surface area contributed by atoms with E-state index < -0.39 is 0 Å². The van der Waals surface area contributed by atoms with E-state index >= 15 is 0 Å². The highest BCUT2D eigenvalue weighted by molar-refractivity contribution is 9.10. The van der Waals surface area contributed by atoms with E-state index in [-0.39, 0.29) is 11.3 Å². The van der Waals surface area contributed by atoms with Gasteiger partial charge in [0.1, 0.15) is 10.3 Å². The number of ketones is 1. The number of hydrogen-bond acceptors (Lipinski definition) is 3. The highest BCUT2D eigenvalue weighted by Gasteiger charge is 2.02. The topological polar surface area (TPSA) is 52.0 Å². The summed E-state index contributed by atoms with van der Waals surface area (Å²) in [6, 6.07) is 0. The van der Waals surface area contributed by atoms with E-state index in [0.717, 1.165) is 0 Å². The second-order valence-electron chi connectivity index (χ2n) is 3.24. The largest absolute Gasteiger partial charge is 0.300 e. The number of nitrogens with zero attached hydrogens (tertiary/aromatic N) is 2. The Bertz CT molecular complexity index is 401. The van der Waals surface area contributed by atoms with Crippen LogP contribution in [0.3, 0.4) is 0 Å². The predicted octanol–water partition coefficient (Wildman–Crippen LogP) is 1.77. The van der Waals surface area contributed by atoms with Crippen LogP contribution in [0.25, 0.3) is 0 Å². The summed E-state index contributed by atoms with van der Waals surface area (Å²) in [6.07, 6.45) is 4.73. The molecule has 0 fully saturated rings. The van der Waals surface area contributed by atoms with E-state index in [1.165, 1.54) is 17.1 Å². The first-order chi connectivity index (χ1) is 7.15. The molecule has 0 bridgehead atoms. The number of halogens is 1. The van der Waals surface area contributed by atoms with Crippen LogP contribution < -0.4 is 5.56 Å². The van der Waals surface area contributed by atoms with E-state index in [1.54, 1.807) is 0 Å². The minimum Gasteiger partial charge on any atom is -0.300 e. The Morgan fingerprint density at radius 3 is 3.00 bits per heavy atom. The zero-order valence-electron chi connectivity index (χ0n) is 8.57. The molecule has 1 heterocycles. The summed E-state index contributed by atoms with van der Waals surface area (Å²) in [5.41, 5.74) is -0.103. The lowest BCUT2D eigenvalue weighted by molar-refractivity contribution is -0.118. The summed E-state index contributed by atoms with van der Waals surface area (Å²) in [5.74, 6) is 0.228. The third-order valence-electron chi connectivity index (χ3n) is 2.11. The summed E-state index contributed by atoms with van der Waals surface area (Å²) >= 11 is 3.12. The minimum atomic E-state index is -0.103. The van der Waals surface area contributed by atoms with E-state index in [0.29, 0.717) is 30.3 Å². The van der Waals surface area contributed by atoms with Gasteiger partial charge in [-0.2, -0.15) is 0 Å². The Labute approximate surface area is 96.5 Å². The van der Waals surface area contributed by atoms with Gasteiger partial charge in [-0.25, -0.2) is 4.98 Å². The standard InChI is InChI=1S/C10H13BrN2O2/c1-2-8(14)4-3-5-13-7-12-6-9(11)10(13)15/h6-7H,2-5H2,1H3. The van der Waals surface area contributed by atoms with E-state index in [2.05, 4.69) is 20.9 Å². The van der Waals surface area contributed by atoms with Crippen LogP contribution in [0.15, 0.2) is 21.8 Å². The highest BCUT2D eigenvalue weighted by Crippen LogP contribution is 2.00. The van der Waals surface area contributed by atoms with Crippen molar-refractivity contribution in [3.05, 3.63) is 27.4 Å². The van der Waals surface area contributed by atoms with E-state index in [1.807, 2.05) is 6.92 Å². The van der Waals surface area contributed by atoms with Crippen LogP contribution in [0.2, 0.25) is 0 Å². The maximum Gasteiger partial charge on any atom is 0.267 e. The Morgan fingerprint density at radius 1 is 1.60 bits per heavy atom. The molecule has 0 N–H and O–H groups in total. The van der Waals surface area contributed by atoms with Gasteiger partial charge in [0.15, 0.2) is 0 Å². The Hall–Kier alpha value is -0.970. The van der Waals surface area contributed by atoms with Gasteiger partial charge in [-0.1, -0.05) is 6.92 Å². The van der Waals surface area contributed by atoms with Crippen LogP contribution in [-0.4, -0.2) is 15.3 Å². The fraction of sp³-hybridized carbons (Fsp3) is 0.500. The first kappa shape index (κ1) is 12.1. The number of aromatic nitrogens is 2. The molecule has 4 nitrogen and oxygen atoms in total. The molecule has 82 valence electrons. The molecule has 0 amide bonds. The lowest BCUT2D eigenvalue weighted by Gasteiger charge is -2.03. The van der Waals surface area contributed by atoms with Crippen molar-refractivity contribution in [1.29, 1.82) is 0 Å². The highest BCUT2D eigenvalue weighted by atomic mass is 79.9. The maximum atomic E-state index is 11.5. The quantitative estimate of drug-likeness (QED) is 0.821. The number of hydrogen-bond donors (Lipinski definition) is 0. The molecule has 5 heteroatoms. The number of carbonyl (C=O) groups is 1. The first-order valence-corrected chi connectivity index (χ1v) is 5.66. The van der Waals surface area contributed by atoms with Crippen molar-refractivity contribution in [1.82, 2.24) is 9.55 Å². The van der Waals surface area contributed by atoms with Crippen LogP contribution >= 0.6 is 15.9 Å². The normalized spacial score (nSPS) is 10.3. The molecule has 0 saturated heterocycles. The minimum absolute atomic E-state index is 0.103. The van der Waals surface area contributed by atoms with Gasteiger partial charge in [-0.05, 0) is 22.4 Å². The number of carbonyl (C=O) groups excluding carboxylic acids is 1. The van der Waals surface area contributed by atoms with Crippen molar-refractivity contribution in [2.24, 2.45) is 0 Å². The second-order valence-corrected chi connectivity index (χ2v) is 4.09. The molecule has 1 aromatic heterocycles. The molecular formula is C10H13BrN2O2. The average molecular weight is 273 g/mol. The molecule has 0 unspecified atom stereocenters. The fourth-order valence-corrected chi connectivity index (χ4v) is 1.55. The van der Waals surface area contributed by atoms with Gasteiger partial charge < -0.3 is 0 Å². The predicted molar refractivity (Wildman–Crippen MR) is 60.7 cm³/mol. The second kappa shape index (κ2) is 5.80. The van der Waals surface area contributed by atoms with Gasteiger partial charge in [-0.3, -0.25) is 14.2 Å². The Balaban J connectivity index is 2.55. The molecule has 0 aliphatic heterocycles. The summed E-state index contributed by atoms with van der Waals surface area (Å²) in [5, 5.41) is 0. The summed E-state index contributed by atoms with van der Waals surface area (Å²) < 4.78 is 1.96. The molecule has 0 radical (unpaired) electrons. The molecular weight excluding hydrogens is 260 g/mol. The van der Waals surface area contributed by atoms with Crippen molar-refractivity contribution in [3.63, 3.8) is 0 Å². The lowest BCUT2D eigenvalue weighted by Crippen LogP contribution is -2.21. The third kappa shape index (κ3) is 3.58. The zero-order valence-corrected chi connectivity index (χ0v) is 10.2. The van der Waals surface area contributed by atoms with Crippen molar-refractivity contribution >= 4 is 21.7 Å². The third-order valence-corrected chi connectivity index (χ3v) is 2.65. The van der Waals surface area contributed by atoms with Crippen molar-refractivity contribution in [2.75, 3.05) is 0 Å². The Kier molecular flexibility index (Phi) is 4.68. The molecule has 0 aliphatic carbocycles. The van der Waals surface area contributed by atoms with E-state index in [9.17, 15) is 9.59 Å². The van der Waals surface area contributed by atoms with Gasteiger partial charge in [0.05, 0.1) is 6.33 Å². The summed E-state index contributed by atoms with van der Waals surface area (Å²) in [7, 11) is 0. The van der Waals surface area contributed by atoms with Crippen molar-refractivity contribution in [2.45, 2.75) is 32.7 Å². The van der Waals surface area contributed by atoms with Gasteiger partial charge in [0.2, 0.25) is 0 Å². The van der Waals surface area contributed by atoms with Gasteiger partial charge >= 0.3 is 0 Å². The van der Waals surface area contributed by atoms with Crippen LogP contribution in [0, 0.1) is 0 Å². The number of rotatable bonds is 5. The van der Waals surface area contributed by atoms with Crippen LogP contribution in [0.4, 0.5) is 0 Å². The molecule has 0 aliphatic rings. The molecule has 1 rings (SSSR count). The monoisotopic (exact) mass is 272 g/mol. The SMILES string of the molecule is CCC(=O)CCCn1cncc(Br)c1=O. The molecule has 0 aromatic carbocycles. The average Bonchev–Trinajstić information content (AvgIpc) is 2.24. The first-order valence-electron chi connectivity index (χ1n) is 4.86. The maximum absolute atomic E-state index is 11.5. The molecule has 0 atom stereocenters. The molecule has 0 spiro atoms. The smallest absolute Gasteiger partial charge is 0.267 e. The summed E-state index contributed by atoms with van der Waals surface area (Å²) in [6.45, 7) is 2.38. The summed E-state index contributed by atoms with van der Waals surface area (Å²) in [4.78, 5) is 26.4. The Morgan fingerprint density at radius 2 is 2.33 bits per heavy atom. The van der Waals surface area contributed by atoms with Gasteiger partial charge in [0, 0.05) is 25.6 Å². The number of aryl methyl sites for hydroxylation is 1.